The van der Waals surface area contributed by atoms with E-state index in [4.69, 9.17) is 22.1 Å². The van der Waals surface area contributed by atoms with Crippen LogP contribution in [0.25, 0.3) is 0 Å². The van der Waals surface area contributed by atoms with Crippen molar-refractivity contribution in [2.24, 2.45) is 10.7 Å². The molecule has 2 aromatic rings. The summed E-state index contributed by atoms with van der Waals surface area (Å²) in [5.41, 5.74) is 9.56. The van der Waals surface area contributed by atoms with Crippen LogP contribution in [0.15, 0.2) is 41.4 Å². The van der Waals surface area contributed by atoms with E-state index < -0.39 is 11.3 Å². The minimum atomic E-state index is -0.876. The molecule has 26 heavy (non-hydrogen) atoms. The van der Waals surface area contributed by atoms with Gasteiger partial charge in [-0.15, -0.1) is 11.6 Å². The Bertz CT molecular complexity index is 916. The average Bonchev–Trinajstić information content (AvgIpc) is 3.02. The molecule has 1 aliphatic carbocycles. The number of benzene rings is 2. The molecule has 5 nitrogen and oxygen atoms in total. The second-order valence-corrected chi connectivity index (χ2v) is 6.87. The lowest BCUT2D eigenvalue weighted by atomic mass is 10.1. The van der Waals surface area contributed by atoms with Crippen LogP contribution >= 0.6 is 11.6 Å². The van der Waals surface area contributed by atoms with Crippen LogP contribution in [0.5, 0.6) is 0 Å². The van der Waals surface area contributed by atoms with E-state index in [-0.39, 0.29) is 11.9 Å². The van der Waals surface area contributed by atoms with Gasteiger partial charge < -0.3 is 15.8 Å². The van der Waals surface area contributed by atoms with Crippen LogP contribution in [0.3, 0.4) is 0 Å². The summed E-state index contributed by atoms with van der Waals surface area (Å²) < 4.78 is 19.1. The van der Waals surface area contributed by atoms with Crippen LogP contribution in [0, 0.1) is 5.82 Å². The maximum Gasteiger partial charge on any atom is 0.290 e. The largest absolute Gasteiger partial charge is 0.460 e. The van der Waals surface area contributed by atoms with E-state index in [1.54, 1.807) is 24.3 Å². The first-order valence-electron chi connectivity index (χ1n) is 8.34. The third kappa shape index (κ3) is 3.12. The van der Waals surface area contributed by atoms with Gasteiger partial charge in [-0.3, -0.25) is 4.79 Å². The Morgan fingerprint density at radius 1 is 1.31 bits per heavy atom. The number of nitrogens with zero attached hydrogens (tertiary/aromatic N) is 1. The number of halogens is 2. The van der Waals surface area contributed by atoms with Gasteiger partial charge in [-0.2, -0.15) is 4.99 Å². The van der Waals surface area contributed by atoms with Crippen molar-refractivity contribution in [3.05, 3.63) is 64.5 Å². The van der Waals surface area contributed by atoms with Gasteiger partial charge in [0.05, 0.1) is 11.7 Å². The Morgan fingerprint density at radius 2 is 2.15 bits per heavy atom. The number of fused-ring (bicyclic) bond motifs is 2. The molecule has 2 aliphatic rings. The summed E-state index contributed by atoms with van der Waals surface area (Å²) in [4.78, 5) is 15.7. The molecule has 0 aromatic heterocycles. The number of aryl methyl sites for hydroxylation is 1. The highest BCUT2D eigenvalue weighted by Gasteiger charge is 2.26. The molecule has 0 radical (unpaired) electrons. The number of ether oxygens (including phenoxy) is 1. The molecule has 4 rings (SSSR count). The van der Waals surface area contributed by atoms with Crippen molar-refractivity contribution in [1.82, 2.24) is 5.32 Å². The van der Waals surface area contributed by atoms with Crippen LogP contribution < -0.4 is 11.1 Å². The lowest BCUT2D eigenvalue weighted by Crippen LogP contribution is -2.30. The van der Waals surface area contributed by atoms with Crippen molar-refractivity contribution in [2.75, 3.05) is 0 Å². The molecule has 2 atom stereocenters. The molecule has 2 aromatic carbocycles. The molecule has 134 valence electrons. The van der Waals surface area contributed by atoms with E-state index in [0.29, 0.717) is 18.2 Å². The Kier molecular flexibility index (Phi) is 4.28. The van der Waals surface area contributed by atoms with E-state index in [1.165, 1.54) is 6.07 Å². The Labute approximate surface area is 155 Å². The standard InChI is InChI=1S/C19H17ClFN3O2/c20-17(18(22)25)11-2-5-15-12(7-11)9-26-19(23-15)24-16-6-1-10-8-13(21)3-4-14(10)16/h2-5,7-8,16-17H,1,6,9H2,(H2,22,25)(H,23,24). The molecule has 2 unspecified atom stereocenters. The number of rotatable bonds is 3. The zero-order chi connectivity index (χ0) is 18.3. The predicted octanol–water partition coefficient (Wildman–Crippen LogP) is 3.39. The molecule has 7 heteroatoms. The monoisotopic (exact) mass is 373 g/mol. The number of carbonyl (C=O) groups excluding carboxylic acids is 1. The lowest BCUT2D eigenvalue weighted by molar-refractivity contribution is -0.117. The molecule has 1 aliphatic heterocycles. The summed E-state index contributed by atoms with van der Waals surface area (Å²) in [6.45, 7) is 0.320. The van der Waals surface area contributed by atoms with Crippen molar-refractivity contribution in [2.45, 2.75) is 30.9 Å². The number of amidine groups is 1. The number of alkyl halides is 1. The number of aliphatic imine (C=N–C) groups is 1. The zero-order valence-corrected chi connectivity index (χ0v) is 14.6. The summed E-state index contributed by atoms with van der Waals surface area (Å²) in [5, 5.41) is 2.42. The molecule has 1 heterocycles. The maximum absolute atomic E-state index is 13.3. The Morgan fingerprint density at radius 3 is 2.96 bits per heavy atom. The molecule has 0 saturated carbocycles. The first-order valence-corrected chi connectivity index (χ1v) is 8.77. The zero-order valence-electron chi connectivity index (χ0n) is 13.8. The van der Waals surface area contributed by atoms with Crippen LogP contribution in [-0.2, 0) is 22.6 Å². The third-order valence-corrected chi connectivity index (χ3v) is 5.18. The average molecular weight is 374 g/mol. The third-order valence-electron chi connectivity index (χ3n) is 4.71. The fourth-order valence-electron chi connectivity index (χ4n) is 3.40. The van der Waals surface area contributed by atoms with Gasteiger partial charge in [0.1, 0.15) is 17.8 Å². The molecule has 0 saturated heterocycles. The van der Waals surface area contributed by atoms with E-state index >= 15 is 0 Å². The SMILES string of the molecule is NC(=O)C(Cl)c1ccc2c(c1)COC(NC1CCc3cc(F)ccc31)=N2. The number of carbonyl (C=O) groups is 1. The first kappa shape index (κ1) is 16.8. The van der Waals surface area contributed by atoms with Gasteiger partial charge in [0.2, 0.25) is 5.91 Å². The number of primary amides is 1. The van der Waals surface area contributed by atoms with Crippen molar-refractivity contribution in [3.8, 4) is 0 Å². The molecule has 3 N–H and O–H groups in total. The lowest BCUT2D eigenvalue weighted by Gasteiger charge is -2.22. The summed E-state index contributed by atoms with van der Waals surface area (Å²) >= 11 is 5.99. The Hall–Kier alpha value is -2.60. The minimum absolute atomic E-state index is 0.0484. The number of nitrogens with one attached hydrogen (secondary N) is 1. The summed E-state index contributed by atoms with van der Waals surface area (Å²) in [6, 6.07) is 10.7. The Balaban J connectivity index is 1.53. The van der Waals surface area contributed by atoms with Gasteiger partial charge in [-0.25, -0.2) is 4.39 Å². The number of nitrogens with two attached hydrogens (primary N) is 1. The molecular formula is C19H17ClFN3O2. The van der Waals surface area contributed by atoms with Gasteiger partial charge in [0.15, 0.2) is 0 Å². The van der Waals surface area contributed by atoms with Crippen LogP contribution in [0.2, 0.25) is 0 Å². The fourth-order valence-corrected chi connectivity index (χ4v) is 3.53. The highest BCUT2D eigenvalue weighted by Crippen LogP contribution is 2.33. The van der Waals surface area contributed by atoms with E-state index in [2.05, 4.69) is 10.3 Å². The van der Waals surface area contributed by atoms with Gasteiger partial charge in [-0.05, 0) is 53.8 Å². The second-order valence-electron chi connectivity index (χ2n) is 6.44. The molecular weight excluding hydrogens is 357 g/mol. The van der Waals surface area contributed by atoms with Crippen LogP contribution in [0.1, 0.15) is 40.1 Å². The summed E-state index contributed by atoms with van der Waals surface area (Å²) in [5.74, 6) is -0.806. The van der Waals surface area contributed by atoms with E-state index in [9.17, 15) is 9.18 Å². The van der Waals surface area contributed by atoms with Gasteiger partial charge in [0, 0.05) is 5.56 Å². The maximum atomic E-state index is 13.3. The van der Waals surface area contributed by atoms with E-state index in [1.807, 2.05) is 6.07 Å². The normalized spacial score (nSPS) is 19.0. The van der Waals surface area contributed by atoms with Gasteiger partial charge >= 0.3 is 0 Å². The highest BCUT2D eigenvalue weighted by molar-refractivity contribution is 6.30. The van der Waals surface area contributed by atoms with Crippen molar-refractivity contribution in [1.29, 1.82) is 0 Å². The van der Waals surface area contributed by atoms with Crippen LogP contribution in [0.4, 0.5) is 10.1 Å². The van der Waals surface area contributed by atoms with Gasteiger partial charge in [-0.1, -0.05) is 12.1 Å². The molecule has 0 bridgehead atoms. The van der Waals surface area contributed by atoms with Crippen LogP contribution in [-0.4, -0.2) is 11.9 Å². The van der Waals surface area contributed by atoms with Gasteiger partial charge in [0.25, 0.3) is 6.02 Å². The van der Waals surface area contributed by atoms with Crippen molar-refractivity contribution < 1.29 is 13.9 Å². The predicted molar refractivity (Wildman–Crippen MR) is 96.7 cm³/mol. The first-order chi connectivity index (χ1) is 12.5. The van der Waals surface area contributed by atoms with Crippen molar-refractivity contribution in [3.63, 3.8) is 0 Å². The molecule has 0 spiro atoms. The second kappa shape index (κ2) is 6.61. The highest BCUT2D eigenvalue weighted by atomic mass is 35.5. The number of hydrogen-bond donors (Lipinski definition) is 2. The summed E-state index contributed by atoms with van der Waals surface area (Å²) in [6.07, 6.45) is 1.68. The summed E-state index contributed by atoms with van der Waals surface area (Å²) in [7, 11) is 0. The smallest absolute Gasteiger partial charge is 0.290 e. The molecule has 0 fully saturated rings. The van der Waals surface area contributed by atoms with E-state index in [0.717, 1.165) is 35.2 Å². The quantitative estimate of drug-likeness (QED) is 0.810. The van der Waals surface area contributed by atoms with Crippen molar-refractivity contribution >= 4 is 29.2 Å². The topological polar surface area (TPSA) is 76.7 Å². The minimum Gasteiger partial charge on any atom is -0.460 e. The number of hydrogen-bond acceptors (Lipinski definition) is 4. The fraction of sp³-hybridized carbons (Fsp3) is 0.263. The number of amides is 1. The molecule has 1 amide bonds.